The molecule has 1 heterocycles. The number of nitrogens with one attached hydrogen (secondary N) is 1. The van der Waals surface area contributed by atoms with Crippen LogP contribution in [0, 0.1) is 17.8 Å². The third-order valence-corrected chi connectivity index (χ3v) is 6.50. The number of hydrogen-bond acceptors (Lipinski definition) is 3. The summed E-state index contributed by atoms with van der Waals surface area (Å²) >= 11 is 0. The second kappa shape index (κ2) is 8.66. The van der Waals surface area contributed by atoms with E-state index in [2.05, 4.69) is 5.32 Å². The molecule has 4 atom stereocenters. The normalized spacial score (nSPS) is 22.6. The Hall–Kier alpha value is -2.95. The standard InChI is InChI=1S/C26H30N2O3/c1-16(2)15-23(28-25(30)21-12-6-7-13-22(21)26(28)31)24(29)27-17(3)19-14-8-10-18-9-4-5-11-20(18)19/h4-11,14,16-17,21-23H,12-13,15H2,1-3H3,(H,27,29). The molecule has 2 aromatic carbocycles. The number of hydrogen-bond donors (Lipinski definition) is 1. The van der Waals surface area contributed by atoms with Gasteiger partial charge in [-0.15, -0.1) is 0 Å². The summed E-state index contributed by atoms with van der Waals surface area (Å²) in [5, 5.41) is 5.29. The molecule has 0 radical (unpaired) electrons. The fourth-order valence-corrected chi connectivity index (χ4v) is 4.92. The van der Waals surface area contributed by atoms with Crippen LogP contribution < -0.4 is 5.32 Å². The number of carbonyl (C=O) groups excluding carboxylic acids is 3. The molecule has 1 aliphatic heterocycles. The lowest BCUT2D eigenvalue weighted by Gasteiger charge is -2.29. The number of fused-ring (bicyclic) bond motifs is 2. The van der Waals surface area contributed by atoms with E-state index in [0.29, 0.717) is 19.3 Å². The summed E-state index contributed by atoms with van der Waals surface area (Å²) in [6, 6.07) is 13.1. The van der Waals surface area contributed by atoms with Crippen molar-refractivity contribution in [3.63, 3.8) is 0 Å². The van der Waals surface area contributed by atoms with Gasteiger partial charge in [0.25, 0.3) is 0 Å². The quantitative estimate of drug-likeness (QED) is 0.559. The van der Waals surface area contributed by atoms with Gasteiger partial charge in [0, 0.05) is 0 Å². The highest BCUT2D eigenvalue weighted by atomic mass is 16.2. The monoisotopic (exact) mass is 418 g/mol. The summed E-state index contributed by atoms with van der Waals surface area (Å²) in [6.07, 6.45) is 5.55. The molecule has 0 spiro atoms. The molecule has 0 saturated carbocycles. The predicted molar refractivity (Wildman–Crippen MR) is 121 cm³/mol. The van der Waals surface area contributed by atoms with E-state index in [4.69, 9.17) is 0 Å². The lowest BCUT2D eigenvalue weighted by atomic mass is 9.85. The maximum absolute atomic E-state index is 13.4. The Morgan fingerprint density at radius 3 is 2.23 bits per heavy atom. The van der Waals surface area contributed by atoms with Crippen LogP contribution in [-0.4, -0.2) is 28.7 Å². The van der Waals surface area contributed by atoms with Gasteiger partial charge in [-0.25, -0.2) is 0 Å². The summed E-state index contributed by atoms with van der Waals surface area (Å²) in [5.41, 5.74) is 1.02. The van der Waals surface area contributed by atoms with E-state index in [1.54, 1.807) is 0 Å². The number of imide groups is 1. The van der Waals surface area contributed by atoms with Gasteiger partial charge in [-0.3, -0.25) is 19.3 Å². The second-order valence-corrected chi connectivity index (χ2v) is 9.15. The van der Waals surface area contributed by atoms with Crippen molar-refractivity contribution >= 4 is 28.5 Å². The van der Waals surface area contributed by atoms with Crippen LogP contribution >= 0.6 is 0 Å². The molecule has 5 nitrogen and oxygen atoms in total. The van der Waals surface area contributed by atoms with Gasteiger partial charge in [-0.2, -0.15) is 0 Å². The van der Waals surface area contributed by atoms with Crippen molar-refractivity contribution in [2.45, 2.75) is 52.1 Å². The molecule has 4 rings (SSSR count). The minimum atomic E-state index is -0.775. The smallest absolute Gasteiger partial charge is 0.243 e. The van der Waals surface area contributed by atoms with Crippen LogP contribution in [0.2, 0.25) is 0 Å². The highest BCUT2D eigenvalue weighted by Gasteiger charge is 2.51. The average molecular weight is 419 g/mol. The van der Waals surface area contributed by atoms with E-state index >= 15 is 0 Å². The third kappa shape index (κ3) is 4.01. The summed E-state index contributed by atoms with van der Waals surface area (Å²) in [6.45, 7) is 5.96. The fraction of sp³-hybridized carbons (Fsp3) is 0.423. The molecule has 3 amide bonds. The van der Waals surface area contributed by atoms with Crippen molar-refractivity contribution in [2.24, 2.45) is 17.8 Å². The number of amides is 3. The van der Waals surface area contributed by atoms with E-state index in [1.807, 2.05) is 75.4 Å². The predicted octanol–water partition coefficient (Wildman–Crippen LogP) is 4.38. The van der Waals surface area contributed by atoms with Gasteiger partial charge in [0.2, 0.25) is 17.7 Å². The Morgan fingerprint density at radius 1 is 0.968 bits per heavy atom. The van der Waals surface area contributed by atoms with E-state index in [-0.39, 0.29) is 41.5 Å². The molecular weight excluding hydrogens is 388 g/mol. The minimum Gasteiger partial charge on any atom is -0.348 e. The summed E-state index contributed by atoms with van der Waals surface area (Å²) in [5.74, 6) is -1.13. The molecule has 4 unspecified atom stereocenters. The maximum Gasteiger partial charge on any atom is 0.243 e. The average Bonchev–Trinajstić information content (AvgIpc) is 3.01. The number of rotatable bonds is 6. The van der Waals surface area contributed by atoms with Gasteiger partial charge >= 0.3 is 0 Å². The lowest BCUT2D eigenvalue weighted by Crippen LogP contribution is -2.51. The van der Waals surface area contributed by atoms with Crippen LogP contribution in [0.15, 0.2) is 54.6 Å². The first-order chi connectivity index (χ1) is 14.9. The van der Waals surface area contributed by atoms with E-state index in [0.717, 1.165) is 16.3 Å². The molecule has 31 heavy (non-hydrogen) atoms. The van der Waals surface area contributed by atoms with Gasteiger partial charge in [0.15, 0.2) is 0 Å². The van der Waals surface area contributed by atoms with Gasteiger partial charge < -0.3 is 5.32 Å². The van der Waals surface area contributed by atoms with Gasteiger partial charge in [0.05, 0.1) is 17.9 Å². The van der Waals surface area contributed by atoms with E-state index in [9.17, 15) is 14.4 Å². The lowest BCUT2D eigenvalue weighted by molar-refractivity contribution is -0.148. The van der Waals surface area contributed by atoms with Crippen molar-refractivity contribution in [1.29, 1.82) is 0 Å². The number of likely N-dealkylation sites (tertiary alicyclic amines) is 1. The fourth-order valence-electron chi connectivity index (χ4n) is 4.92. The summed E-state index contributed by atoms with van der Waals surface area (Å²) < 4.78 is 0. The molecule has 1 N–H and O–H groups in total. The first-order valence-corrected chi connectivity index (χ1v) is 11.2. The largest absolute Gasteiger partial charge is 0.348 e. The van der Waals surface area contributed by atoms with Gasteiger partial charge in [-0.05, 0) is 48.4 Å². The molecule has 1 saturated heterocycles. The molecule has 1 fully saturated rings. The molecular formula is C26H30N2O3. The Labute approximate surface area is 183 Å². The van der Waals surface area contributed by atoms with Gasteiger partial charge in [-0.1, -0.05) is 68.5 Å². The van der Waals surface area contributed by atoms with Crippen LogP contribution in [0.4, 0.5) is 0 Å². The van der Waals surface area contributed by atoms with Crippen molar-refractivity contribution < 1.29 is 14.4 Å². The Morgan fingerprint density at radius 2 is 1.58 bits per heavy atom. The Balaban J connectivity index is 1.59. The van der Waals surface area contributed by atoms with Crippen LogP contribution in [0.1, 0.15) is 51.6 Å². The Bertz CT molecular complexity index is 1010. The molecule has 2 aromatic rings. The summed E-state index contributed by atoms with van der Waals surface area (Å²) in [4.78, 5) is 40.9. The Kier molecular flexibility index (Phi) is 5.94. The van der Waals surface area contributed by atoms with Crippen molar-refractivity contribution in [3.8, 4) is 0 Å². The highest BCUT2D eigenvalue weighted by Crippen LogP contribution is 2.37. The van der Waals surface area contributed by atoms with Crippen molar-refractivity contribution in [3.05, 3.63) is 60.2 Å². The zero-order valence-electron chi connectivity index (χ0n) is 18.4. The topological polar surface area (TPSA) is 66.5 Å². The number of carbonyl (C=O) groups is 3. The molecule has 0 aromatic heterocycles. The van der Waals surface area contributed by atoms with Gasteiger partial charge in [0.1, 0.15) is 6.04 Å². The molecule has 1 aliphatic carbocycles. The van der Waals surface area contributed by atoms with Crippen molar-refractivity contribution in [2.75, 3.05) is 0 Å². The zero-order valence-corrected chi connectivity index (χ0v) is 18.4. The SMILES string of the molecule is CC(C)CC(C(=O)NC(C)c1cccc2ccccc12)N1C(=O)C2CC=CCC2C1=O. The first-order valence-electron chi connectivity index (χ1n) is 11.2. The first kappa shape index (κ1) is 21.3. The van der Waals surface area contributed by atoms with Crippen LogP contribution in [0.5, 0.6) is 0 Å². The summed E-state index contributed by atoms with van der Waals surface area (Å²) in [7, 11) is 0. The highest BCUT2D eigenvalue weighted by molar-refractivity contribution is 6.08. The third-order valence-electron chi connectivity index (χ3n) is 6.50. The zero-order chi connectivity index (χ0) is 22.1. The minimum absolute atomic E-state index is 0.171. The van der Waals surface area contributed by atoms with E-state index < -0.39 is 6.04 Å². The number of nitrogens with zero attached hydrogens (tertiary/aromatic N) is 1. The second-order valence-electron chi connectivity index (χ2n) is 9.15. The number of allylic oxidation sites excluding steroid dienone is 2. The number of benzene rings is 2. The maximum atomic E-state index is 13.4. The molecule has 0 bridgehead atoms. The van der Waals surface area contributed by atoms with Crippen molar-refractivity contribution in [1.82, 2.24) is 10.2 Å². The van der Waals surface area contributed by atoms with Crippen LogP contribution in [-0.2, 0) is 14.4 Å². The van der Waals surface area contributed by atoms with Crippen LogP contribution in [0.3, 0.4) is 0 Å². The molecule has 2 aliphatic rings. The molecule has 5 heteroatoms. The molecule has 162 valence electrons. The van der Waals surface area contributed by atoms with E-state index in [1.165, 1.54) is 4.90 Å². The van der Waals surface area contributed by atoms with Crippen LogP contribution in [0.25, 0.3) is 10.8 Å².